The summed E-state index contributed by atoms with van der Waals surface area (Å²) in [4.78, 5) is 26.5. The van der Waals surface area contributed by atoms with Gasteiger partial charge in [0.25, 0.3) is 5.91 Å². The zero-order valence-corrected chi connectivity index (χ0v) is 18.0. The summed E-state index contributed by atoms with van der Waals surface area (Å²) in [5.41, 5.74) is 5.49. The second kappa shape index (κ2) is 8.22. The third-order valence-electron chi connectivity index (χ3n) is 5.57. The first-order chi connectivity index (χ1) is 16.8. The molecule has 7 nitrogen and oxygen atoms in total. The summed E-state index contributed by atoms with van der Waals surface area (Å²) >= 11 is 0. The molecule has 0 fully saturated rings. The molecule has 0 radical (unpaired) electrons. The fourth-order valence-electron chi connectivity index (χ4n) is 3.97. The van der Waals surface area contributed by atoms with Gasteiger partial charge in [-0.2, -0.15) is 5.10 Å². The normalized spacial score (nSPS) is 11.1. The number of rotatable bonds is 4. The fraction of sp³-hybridized carbons (Fsp3) is 0. The molecule has 7 heteroatoms. The predicted molar refractivity (Wildman–Crippen MR) is 131 cm³/mol. The topological polar surface area (TPSA) is 85.1 Å². The summed E-state index contributed by atoms with van der Waals surface area (Å²) in [6.45, 7) is 0. The predicted octanol–water partition coefficient (Wildman–Crippen LogP) is 5.26. The van der Waals surface area contributed by atoms with Gasteiger partial charge in [0.1, 0.15) is 11.5 Å². The van der Waals surface area contributed by atoms with Crippen LogP contribution in [0.25, 0.3) is 39.1 Å². The van der Waals surface area contributed by atoms with Crippen LogP contribution >= 0.6 is 0 Å². The molecule has 6 rings (SSSR count). The molecule has 0 aliphatic rings. The number of fused-ring (bicyclic) bond motifs is 2. The summed E-state index contributed by atoms with van der Waals surface area (Å²) in [6, 6.07) is 27.0. The number of nitrogens with one attached hydrogen (secondary N) is 1. The lowest BCUT2D eigenvalue weighted by Gasteiger charge is -2.09. The van der Waals surface area contributed by atoms with Crippen molar-refractivity contribution in [3.05, 3.63) is 109 Å². The van der Waals surface area contributed by atoms with Crippen LogP contribution in [-0.4, -0.2) is 30.5 Å². The molecule has 4 heterocycles. The van der Waals surface area contributed by atoms with Gasteiger partial charge in [-0.3, -0.25) is 9.78 Å². The highest BCUT2D eigenvalue weighted by Gasteiger charge is 2.18. The molecule has 0 saturated heterocycles. The number of anilines is 1. The summed E-state index contributed by atoms with van der Waals surface area (Å²) in [6.07, 6.45) is 4.97. The van der Waals surface area contributed by atoms with E-state index >= 15 is 0 Å². The molecule has 0 atom stereocenters. The molecule has 2 aromatic carbocycles. The van der Waals surface area contributed by atoms with E-state index in [0.29, 0.717) is 11.4 Å². The minimum absolute atomic E-state index is 0.276. The van der Waals surface area contributed by atoms with Crippen molar-refractivity contribution in [2.45, 2.75) is 0 Å². The van der Waals surface area contributed by atoms with Crippen molar-refractivity contribution < 1.29 is 4.79 Å². The van der Waals surface area contributed by atoms with E-state index in [1.54, 1.807) is 23.1 Å². The highest BCUT2D eigenvalue weighted by atomic mass is 16.1. The average molecular weight is 442 g/mol. The number of benzene rings is 2. The first kappa shape index (κ1) is 19.8. The van der Waals surface area contributed by atoms with Crippen molar-refractivity contribution in [3.8, 4) is 22.5 Å². The lowest BCUT2D eigenvalue weighted by Crippen LogP contribution is -2.13. The number of hydrogen-bond acceptors (Lipinski definition) is 5. The van der Waals surface area contributed by atoms with Gasteiger partial charge in [0.15, 0.2) is 5.65 Å². The van der Waals surface area contributed by atoms with E-state index in [1.807, 2.05) is 84.9 Å². The Labute approximate surface area is 194 Å². The zero-order valence-electron chi connectivity index (χ0n) is 18.0. The van der Waals surface area contributed by atoms with E-state index in [-0.39, 0.29) is 5.91 Å². The fourth-order valence-corrected chi connectivity index (χ4v) is 3.97. The van der Waals surface area contributed by atoms with Gasteiger partial charge >= 0.3 is 0 Å². The molecule has 0 unspecified atom stereocenters. The summed E-state index contributed by atoms with van der Waals surface area (Å²) in [5.74, 6) is 0.156. The van der Waals surface area contributed by atoms with Crippen LogP contribution in [0, 0.1) is 0 Å². The second-order valence-electron chi connectivity index (χ2n) is 7.77. The van der Waals surface area contributed by atoms with Gasteiger partial charge < -0.3 is 5.32 Å². The van der Waals surface area contributed by atoms with Crippen molar-refractivity contribution >= 4 is 28.3 Å². The van der Waals surface area contributed by atoms with Crippen LogP contribution in [0.1, 0.15) is 10.4 Å². The summed E-state index contributed by atoms with van der Waals surface area (Å²) in [5, 5.41) is 8.31. The molecule has 0 aliphatic carbocycles. The molecule has 0 bridgehead atoms. The quantitative estimate of drug-likeness (QED) is 0.403. The summed E-state index contributed by atoms with van der Waals surface area (Å²) < 4.78 is 1.80. The molecule has 6 aromatic rings. The minimum Gasteiger partial charge on any atom is -0.306 e. The van der Waals surface area contributed by atoms with Gasteiger partial charge in [-0.15, -0.1) is 0 Å². The standard InChI is InChI=1S/C27H18N6O/c34-27(21-15-19-9-4-5-10-22(19)29-17-21)31-23-16-20(12-14-28-23)26-25(18-7-2-1-3-8-18)32-24-11-6-13-30-33(24)26/h1-17H,(H,28,31,34). The van der Waals surface area contributed by atoms with Gasteiger partial charge in [0.05, 0.1) is 16.8 Å². The molecule has 1 amide bonds. The van der Waals surface area contributed by atoms with E-state index < -0.39 is 0 Å². The van der Waals surface area contributed by atoms with Gasteiger partial charge in [-0.05, 0) is 36.4 Å². The number of pyridine rings is 2. The molecule has 0 aliphatic heterocycles. The zero-order chi connectivity index (χ0) is 22.9. The number of carbonyl (C=O) groups excluding carboxylic acids is 1. The van der Waals surface area contributed by atoms with E-state index in [4.69, 9.17) is 4.98 Å². The average Bonchev–Trinajstić information content (AvgIpc) is 3.29. The molecule has 0 saturated carbocycles. The second-order valence-corrected chi connectivity index (χ2v) is 7.77. The lowest BCUT2D eigenvalue weighted by molar-refractivity contribution is 0.102. The van der Waals surface area contributed by atoms with E-state index in [2.05, 4.69) is 20.4 Å². The first-order valence-electron chi connectivity index (χ1n) is 10.8. The Morgan fingerprint density at radius 2 is 1.65 bits per heavy atom. The van der Waals surface area contributed by atoms with Crippen LogP contribution in [0.15, 0.2) is 104 Å². The Morgan fingerprint density at radius 3 is 2.56 bits per heavy atom. The summed E-state index contributed by atoms with van der Waals surface area (Å²) in [7, 11) is 0. The largest absolute Gasteiger partial charge is 0.306 e. The van der Waals surface area contributed by atoms with E-state index in [9.17, 15) is 4.79 Å². The van der Waals surface area contributed by atoms with Gasteiger partial charge in [-0.25, -0.2) is 14.5 Å². The van der Waals surface area contributed by atoms with Crippen LogP contribution in [0.3, 0.4) is 0 Å². The Kier molecular flexibility index (Phi) is 4.77. The number of nitrogens with zero attached hydrogens (tertiary/aromatic N) is 5. The number of imidazole rings is 1. The van der Waals surface area contributed by atoms with Gasteiger partial charge in [-0.1, -0.05) is 48.5 Å². The molecule has 162 valence electrons. The van der Waals surface area contributed by atoms with Crippen LogP contribution in [0.2, 0.25) is 0 Å². The number of amides is 1. The SMILES string of the molecule is O=C(Nc1cc(-c2c(-c3ccccc3)nc3cccnn23)ccn1)c1cnc2ccccc2c1. The smallest absolute Gasteiger partial charge is 0.258 e. The van der Waals surface area contributed by atoms with Crippen molar-refractivity contribution in [2.75, 3.05) is 5.32 Å². The third kappa shape index (κ3) is 3.55. The molecule has 34 heavy (non-hydrogen) atoms. The molecule has 0 spiro atoms. The number of carbonyl (C=O) groups is 1. The van der Waals surface area contributed by atoms with Crippen LogP contribution in [-0.2, 0) is 0 Å². The molecular weight excluding hydrogens is 424 g/mol. The van der Waals surface area contributed by atoms with Crippen molar-refractivity contribution in [3.63, 3.8) is 0 Å². The molecule has 1 N–H and O–H groups in total. The maximum absolute atomic E-state index is 12.9. The Morgan fingerprint density at radius 1 is 0.794 bits per heavy atom. The van der Waals surface area contributed by atoms with E-state index in [1.165, 1.54) is 0 Å². The Bertz CT molecular complexity index is 1660. The van der Waals surface area contributed by atoms with Crippen LogP contribution < -0.4 is 5.32 Å². The maximum Gasteiger partial charge on any atom is 0.258 e. The lowest BCUT2D eigenvalue weighted by atomic mass is 10.1. The molecule has 4 aromatic heterocycles. The highest BCUT2D eigenvalue weighted by Crippen LogP contribution is 2.32. The van der Waals surface area contributed by atoms with Crippen LogP contribution in [0.4, 0.5) is 5.82 Å². The number of hydrogen-bond donors (Lipinski definition) is 1. The van der Waals surface area contributed by atoms with Crippen LogP contribution in [0.5, 0.6) is 0 Å². The minimum atomic E-state index is -0.276. The van der Waals surface area contributed by atoms with Gasteiger partial charge in [0.2, 0.25) is 0 Å². The van der Waals surface area contributed by atoms with Crippen molar-refractivity contribution in [2.24, 2.45) is 0 Å². The monoisotopic (exact) mass is 442 g/mol. The Hall–Kier alpha value is -4.91. The maximum atomic E-state index is 12.9. The first-order valence-corrected chi connectivity index (χ1v) is 10.8. The van der Waals surface area contributed by atoms with E-state index in [0.717, 1.165) is 39.1 Å². The molecular formula is C27H18N6O. The van der Waals surface area contributed by atoms with Crippen molar-refractivity contribution in [1.82, 2.24) is 24.6 Å². The third-order valence-corrected chi connectivity index (χ3v) is 5.57. The van der Waals surface area contributed by atoms with Crippen molar-refractivity contribution in [1.29, 1.82) is 0 Å². The number of aromatic nitrogens is 5. The Balaban J connectivity index is 1.39. The van der Waals surface area contributed by atoms with Gasteiger partial charge in [0, 0.05) is 35.1 Å². The highest BCUT2D eigenvalue weighted by molar-refractivity contribution is 6.05. The number of para-hydroxylation sites is 1.